The van der Waals surface area contributed by atoms with Gasteiger partial charge in [-0.1, -0.05) is 36.4 Å². The lowest BCUT2D eigenvalue weighted by Crippen LogP contribution is -2.15. The number of nitrogens with zero attached hydrogens (tertiary/aromatic N) is 1. The molecule has 3 rings (SSSR count). The molecule has 6 heteroatoms. The monoisotopic (exact) mass is 310 g/mol. The smallest absolute Gasteiger partial charge is 0.412 e. The van der Waals surface area contributed by atoms with Gasteiger partial charge in [-0.2, -0.15) is 0 Å². The first-order valence-electron chi connectivity index (χ1n) is 6.96. The van der Waals surface area contributed by atoms with Gasteiger partial charge in [0.25, 0.3) is 0 Å². The van der Waals surface area contributed by atoms with E-state index in [1.54, 1.807) is 35.0 Å². The van der Waals surface area contributed by atoms with Crippen LogP contribution in [0.5, 0.6) is 0 Å². The van der Waals surface area contributed by atoms with E-state index in [0.717, 1.165) is 5.56 Å². The number of rotatable bonds is 4. The van der Waals surface area contributed by atoms with E-state index in [2.05, 4.69) is 5.32 Å². The molecule has 23 heavy (non-hydrogen) atoms. The Hall–Kier alpha value is -3.28. The molecule has 2 heterocycles. The number of nitrogens with one attached hydrogen (secondary N) is 1. The highest BCUT2D eigenvalue weighted by Crippen LogP contribution is 2.23. The molecule has 0 spiro atoms. The number of carboxylic acid groups (broad SMARTS) is 1. The van der Waals surface area contributed by atoms with Gasteiger partial charge in [-0.3, -0.25) is 5.32 Å². The third-order valence-corrected chi connectivity index (χ3v) is 3.35. The van der Waals surface area contributed by atoms with Crippen molar-refractivity contribution >= 4 is 23.3 Å². The second-order valence-corrected chi connectivity index (χ2v) is 4.90. The number of hydrogen-bond acceptors (Lipinski definition) is 3. The van der Waals surface area contributed by atoms with Gasteiger partial charge in [0.05, 0.1) is 11.2 Å². The minimum Gasteiger partial charge on any atom is -0.478 e. The van der Waals surface area contributed by atoms with Crippen LogP contribution in [0.1, 0.15) is 15.9 Å². The summed E-state index contributed by atoms with van der Waals surface area (Å²) in [5, 5.41) is 11.9. The standard InChI is InChI=1S/C17H14N2O4/c20-16(21)15-13(10-19-9-5-4-8-14(15)19)18-17(22)23-11-12-6-2-1-3-7-12/h1-10H,11H2,(H,18,22)(H,20,21). The fourth-order valence-corrected chi connectivity index (χ4v) is 2.31. The quantitative estimate of drug-likeness (QED) is 0.774. The minimum absolute atomic E-state index is 0.0299. The molecule has 1 aromatic carbocycles. The Balaban J connectivity index is 1.77. The van der Waals surface area contributed by atoms with Crippen LogP contribution in [-0.2, 0) is 11.3 Å². The van der Waals surface area contributed by atoms with Crippen molar-refractivity contribution in [1.29, 1.82) is 0 Å². The van der Waals surface area contributed by atoms with Gasteiger partial charge in [0, 0.05) is 12.4 Å². The van der Waals surface area contributed by atoms with Crippen molar-refractivity contribution in [2.45, 2.75) is 6.61 Å². The zero-order valence-corrected chi connectivity index (χ0v) is 12.1. The zero-order valence-electron chi connectivity index (χ0n) is 12.1. The molecule has 116 valence electrons. The summed E-state index contributed by atoms with van der Waals surface area (Å²) in [6, 6.07) is 14.4. The summed E-state index contributed by atoms with van der Waals surface area (Å²) in [6.45, 7) is 0.114. The van der Waals surface area contributed by atoms with Crippen molar-refractivity contribution in [1.82, 2.24) is 4.40 Å². The fraction of sp³-hybridized carbons (Fsp3) is 0.0588. The number of amides is 1. The van der Waals surface area contributed by atoms with Crippen molar-refractivity contribution < 1.29 is 19.4 Å². The van der Waals surface area contributed by atoms with Gasteiger partial charge in [-0.15, -0.1) is 0 Å². The Morgan fingerprint density at radius 1 is 1.09 bits per heavy atom. The molecule has 6 nitrogen and oxygen atoms in total. The van der Waals surface area contributed by atoms with Crippen LogP contribution in [0.25, 0.3) is 5.52 Å². The predicted molar refractivity (Wildman–Crippen MR) is 84.6 cm³/mol. The first-order chi connectivity index (χ1) is 11.1. The van der Waals surface area contributed by atoms with E-state index in [0.29, 0.717) is 5.52 Å². The first kappa shape index (κ1) is 14.6. The van der Waals surface area contributed by atoms with Crippen LogP contribution < -0.4 is 5.32 Å². The Labute approximate surface area is 131 Å². The van der Waals surface area contributed by atoms with Gasteiger partial charge in [-0.25, -0.2) is 9.59 Å². The Morgan fingerprint density at radius 3 is 2.57 bits per heavy atom. The Bertz CT molecular complexity index is 855. The molecule has 3 aromatic rings. The number of carboxylic acids is 1. The maximum atomic E-state index is 11.9. The Morgan fingerprint density at radius 2 is 1.83 bits per heavy atom. The van der Waals surface area contributed by atoms with E-state index in [-0.39, 0.29) is 17.9 Å². The highest BCUT2D eigenvalue weighted by atomic mass is 16.5. The normalized spacial score (nSPS) is 10.4. The molecule has 2 aromatic heterocycles. The molecule has 0 aliphatic carbocycles. The van der Waals surface area contributed by atoms with E-state index in [9.17, 15) is 14.7 Å². The number of ether oxygens (including phenoxy) is 1. The van der Waals surface area contributed by atoms with Gasteiger partial charge in [0.1, 0.15) is 12.2 Å². The number of aromatic carboxylic acids is 1. The molecule has 0 radical (unpaired) electrons. The number of hydrogen-bond donors (Lipinski definition) is 2. The van der Waals surface area contributed by atoms with Gasteiger partial charge in [-0.05, 0) is 17.7 Å². The fourth-order valence-electron chi connectivity index (χ4n) is 2.31. The van der Waals surface area contributed by atoms with E-state index in [1.165, 1.54) is 0 Å². The molecule has 1 amide bonds. The number of benzene rings is 1. The van der Waals surface area contributed by atoms with Gasteiger partial charge >= 0.3 is 12.1 Å². The van der Waals surface area contributed by atoms with Crippen molar-refractivity contribution in [3.05, 3.63) is 72.1 Å². The molecule has 0 aliphatic heterocycles. The summed E-state index contributed by atoms with van der Waals surface area (Å²) >= 11 is 0. The predicted octanol–water partition coefficient (Wildman–Crippen LogP) is 3.39. The summed E-state index contributed by atoms with van der Waals surface area (Å²) in [5.41, 5.74) is 1.57. The van der Waals surface area contributed by atoms with Crippen LogP contribution in [-0.4, -0.2) is 21.6 Å². The van der Waals surface area contributed by atoms with E-state index in [1.807, 2.05) is 30.3 Å². The average molecular weight is 310 g/mol. The minimum atomic E-state index is -1.11. The molecule has 0 aliphatic rings. The topological polar surface area (TPSA) is 80.0 Å². The molecule has 0 saturated carbocycles. The average Bonchev–Trinajstić information content (AvgIpc) is 2.91. The molecule has 0 unspecified atom stereocenters. The molecular weight excluding hydrogens is 296 g/mol. The van der Waals surface area contributed by atoms with Crippen LogP contribution in [0, 0.1) is 0 Å². The molecule has 0 saturated heterocycles. The highest BCUT2D eigenvalue weighted by molar-refractivity contribution is 6.05. The van der Waals surface area contributed by atoms with Crippen molar-refractivity contribution in [2.75, 3.05) is 5.32 Å². The summed E-state index contributed by atoms with van der Waals surface area (Å²) < 4.78 is 6.75. The van der Waals surface area contributed by atoms with E-state index < -0.39 is 12.1 Å². The maximum Gasteiger partial charge on any atom is 0.412 e. The number of carbonyl (C=O) groups excluding carboxylic acids is 1. The second kappa shape index (κ2) is 6.23. The van der Waals surface area contributed by atoms with Gasteiger partial charge in [0.2, 0.25) is 0 Å². The first-order valence-corrected chi connectivity index (χ1v) is 6.96. The van der Waals surface area contributed by atoms with Gasteiger partial charge < -0.3 is 14.2 Å². The van der Waals surface area contributed by atoms with E-state index >= 15 is 0 Å². The summed E-state index contributed by atoms with van der Waals surface area (Å²) in [7, 11) is 0. The molecule has 2 N–H and O–H groups in total. The molecular formula is C17H14N2O4. The SMILES string of the molecule is O=C(Nc1cn2ccccc2c1C(=O)O)OCc1ccccc1. The van der Waals surface area contributed by atoms with Crippen LogP contribution in [0.15, 0.2) is 60.9 Å². The summed E-state index contributed by atoms with van der Waals surface area (Å²) in [5.74, 6) is -1.11. The third-order valence-electron chi connectivity index (χ3n) is 3.35. The number of anilines is 1. The largest absolute Gasteiger partial charge is 0.478 e. The molecule has 0 fully saturated rings. The van der Waals surface area contributed by atoms with Crippen LogP contribution in [0.2, 0.25) is 0 Å². The van der Waals surface area contributed by atoms with Crippen molar-refractivity contribution in [3.63, 3.8) is 0 Å². The van der Waals surface area contributed by atoms with Crippen LogP contribution in [0.3, 0.4) is 0 Å². The highest BCUT2D eigenvalue weighted by Gasteiger charge is 2.19. The van der Waals surface area contributed by atoms with Crippen LogP contribution >= 0.6 is 0 Å². The zero-order chi connectivity index (χ0) is 16.2. The lowest BCUT2D eigenvalue weighted by atomic mass is 10.2. The number of carbonyl (C=O) groups is 2. The molecule has 0 bridgehead atoms. The summed E-state index contributed by atoms with van der Waals surface area (Å²) in [4.78, 5) is 23.4. The summed E-state index contributed by atoms with van der Waals surface area (Å²) in [6.07, 6.45) is 2.55. The third kappa shape index (κ3) is 3.16. The Kier molecular flexibility index (Phi) is 3.97. The number of aromatic nitrogens is 1. The molecule has 0 atom stereocenters. The number of pyridine rings is 1. The lowest BCUT2D eigenvalue weighted by Gasteiger charge is -2.06. The van der Waals surface area contributed by atoms with Crippen LogP contribution in [0.4, 0.5) is 10.5 Å². The van der Waals surface area contributed by atoms with Gasteiger partial charge in [0.15, 0.2) is 0 Å². The van der Waals surface area contributed by atoms with Crippen molar-refractivity contribution in [2.24, 2.45) is 0 Å². The van der Waals surface area contributed by atoms with E-state index in [4.69, 9.17) is 4.74 Å². The second-order valence-electron chi connectivity index (χ2n) is 4.90. The number of fused-ring (bicyclic) bond motifs is 1. The van der Waals surface area contributed by atoms with Crippen molar-refractivity contribution in [3.8, 4) is 0 Å². The maximum absolute atomic E-state index is 11.9. The lowest BCUT2D eigenvalue weighted by molar-refractivity contribution is 0.0700.